The van der Waals surface area contributed by atoms with Crippen LogP contribution in [0, 0.1) is 11.2 Å². The molecule has 0 bridgehead atoms. The SMILES string of the molecule is CN1CCN(C(=O)N2CC3(C2)CN(c2cccnn2)C3)c2ccc(F)cc21. The molecule has 2 amide bonds. The predicted octanol–water partition coefficient (Wildman–Crippen LogP) is 1.81. The highest BCUT2D eigenvalue weighted by molar-refractivity contribution is 5.97. The molecule has 8 heteroatoms. The maximum absolute atomic E-state index is 13.6. The average molecular weight is 368 g/mol. The van der Waals surface area contributed by atoms with Crippen LogP contribution in [-0.2, 0) is 0 Å². The molecule has 0 aliphatic carbocycles. The van der Waals surface area contributed by atoms with Crippen LogP contribution in [-0.4, -0.2) is 67.4 Å². The summed E-state index contributed by atoms with van der Waals surface area (Å²) in [7, 11) is 1.92. The monoisotopic (exact) mass is 368 g/mol. The fourth-order valence-corrected chi connectivity index (χ4v) is 4.38. The normalized spacial score (nSPS) is 20.2. The molecule has 7 nitrogen and oxygen atoms in total. The Hall–Kier alpha value is -2.90. The first-order chi connectivity index (χ1) is 13.0. The Morgan fingerprint density at radius 2 is 1.93 bits per heavy atom. The lowest BCUT2D eigenvalue weighted by Gasteiger charge is -2.60. The van der Waals surface area contributed by atoms with Crippen molar-refractivity contribution in [2.45, 2.75) is 0 Å². The Labute approximate surface area is 157 Å². The zero-order chi connectivity index (χ0) is 18.6. The largest absolute Gasteiger partial charge is 0.371 e. The van der Waals surface area contributed by atoms with Gasteiger partial charge in [0.1, 0.15) is 5.82 Å². The van der Waals surface area contributed by atoms with Crippen LogP contribution in [0.15, 0.2) is 36.5 Å². The second kappa shape index (κ2) is 5.80. The van der Waals surface area contributed by atoms with Crippen LogP contribution < -0.4 is 14.7 Å². The maximum Gasteiger partial charge on any atom is 0.324 e. The van der Waals surface area contributed by atoms with E-state index in [0.29, 0.717) is 13.1 Å². The van der Waals surface area contributed by atoms with Crippen LogP contribution >= 0.6 is 0 Å². The molecule has 0 radical (unpaired) electrons. The van der Waals surface area contributed by atoms with E-state index in [2.05, 4.69) is 15.1 Å². The van der Waals surface area contributed by atoms with Gasteiger partial charge in [-0.25, -0.2) is 9.18 Å². The first kappa shape index (κ1) is 16.3. The van der Waals surface area contributed by atoms with Gasteiger partial charge in [-0.3, -0.25) is 4.90 Å². The maximum atomic E-state index is 13.6. The number of aromatic nitrogens is 2. The van der Waals surface area contributed by atoms with E-state index in [-0.39, 0.29) is 17.3 Å². The number of amides is 2. The van der Waals surface area contributed by atoms with Gasteiger partial charge in [0.2, 0.25) is 0 Å². The third-order valence-electron chi connectivity index (χ3n) is 5.79. The molecule has 0 unspecified atom stereocenters. The fourth-order valence-electron chi connectivity index (χ4n) is 4.38. The van der Waals surface area contributed by atoms with E-state index in [4.69, 9.17) is 0 Å². The number of anilines is 3. The minimum atomic E-state index is -0.281. The van der Waals surface area contributed by atoms with E-state index in [1.165, 1.54) is 12.1 Å². The summed E-state index contributed by atoms with van der Waals surface area (Å²) in [6.45, 7) is 4.63. The Balaban J connectivity index is 1.25. The van der Waals surface area contributed by atoms with E-state index in [1.807, 2.05) is 29.0 Å². The number of benzene rings is 1. The van der Waals surface area contributed by atoms with Gasteiger partial charge in [0, 0.05) is 57.9 Å². The second-order valence-corrected chi connectivity index (χ2v) is 7.78. The van der Waals surface area contributed by atoms with Crippen LogP contribution in [0.25, 0.3) is 0 Å². The standard InChI is InChI=1S/C19H21FN6O/c1-23-7-8-26(15-5-4-14(20)9-16(15)23)18(27)25-12-19(13-25)10-24(11-19)17-3-2-6-21-22-17/h2-6,9H,7-8,10-13H2,1H3. The Morgan fingerprint density at radius 3 is 2.67 bits per heavy atom. The van der Waals surface area contributed by atoms with Crippen molar-refractivity contribution >= 4 is 23.2 Å². The number of carbonyl (C=O) groups excluding carboxylic acids is 1. The van der Waals surface area contributed by atoms with Crippen LogP contribution in [0.3, 0.4) is 0 Å². The highest BCUT2D eigenvalue weighted by Crippen LogP contribution is 2.42. The van der Waals surface area contributed by atoms with Crippen molar-refractivity contribution in [2.24, 2.45) is 5.41 Å². The lowest BCUT2D eigenvalue weighted by atomic mass is 9.73. The quantitative estimate of drug-likeness (QED) is 0.769. The minimum Gasteiger partial charge on any atom is -0.371 e. The van der Waals surface area contributed by atoms with Gasteiger partial charge >= 0.3 is 6.03 Å². The lowest BCUT2D eigenvalue weighted by Crippen LogP contribution is -2.74. The van der Waals surface area contributed by atoms with Gasteiger partial charge in [-0.15, -0.1) is 5.10 Å². The molecule has 2 fully saturated rings. The topological polar surface area (TPSA) is 55.8 Å². The zero-order valence-electron chi connectivity index (χ0n) is 15.2. The van der Waals surface area contributed by atoms with Gasteiger partial charge in [0.15, 0.2) is 5.82 Å². The molecule has 0 saturated carbocycles. The number of carbonyl (C=O) groups is 1. The Bertz CT molecular complexity index is 877. The third kappa shape index (κ3) is 2.58. The van der Waals surface area contributed by atoms with Gasteiger partial charge in [-0.2, -0.15) is 5.10 Å². The van der Waals surface area contributed by atoms with Crippen molar-refractivity contribution in [3.63, 3.8) is 0 Å². The molecule has 3 aliphatic rings. The number of urea groups is 1. The van der Waals surface area contributed by atoms with Gasteiger partial charge in [-0.05, 0) is 30.3 Å². The second-order valence-electron chi connectivity index (χ2n) is 7.78. The van der Waals surface area contributed by atoms with E-state index in [1.54, 1.807) is 17.2 Å². The van der Waals surface area contributed by atoms with Gasteiger partial charge in [0.05, 0.1) is 11.4 Å². The van der Waals surface area contributed by atoms with Crippen LogP contribution in [0.5, 0.6) is 0 Å². The number of fused-ring (bicyclic) bond motifs is 1. The number of hydrogen-bond acceptors (Lipinski definition) is 5. The number of nitrogens with zero attached hydrogens (tertiary/aromatic N) is 6. The average Bonchev–Trinajstić information content (AvgIpc) is 2.61. The first-order valence-electron chi connectivity index (χ1n) is 9.15. The third-order valence-corrected chi connectivity index (χ3v) is 5.79. The van der Waals surface area contributed by atoms with E-state index in [0.717, 1.165) is 43.4 Å². The predicted molar refractivity (Wildman–Crippen MR) is 101 cm³/mol. The number of likely N-dealkylation sites (N-methyl/N-ethyl adjacent to an activating group) is 1. The Morgan fingerprint density at radius 1 is 1.11 bits per heavy atom. The zero-order valence-corrected chi connectivity index (χ0v) is 15.2. The molecule has 140 valence electrons. The van der Waals surface area contributed by atoms with E-state index in [9.17, 15) is 9.18 Å². The van der Waals surface area contributed by atoms with Gasteiger partial charge in [-0.1, -0.05) is 0 Å². The molecule has 2 aromatic rings. The molecule has 27 heavy (non-hydrogen) atoms. The summed E-state index contributed by atoms with van der Waals surface area (Å²) in [4.78, 5) is 20.9. The summed E-state index contributed by atoms with van der Waals surface area (Å²) in [6, 6.07) is 8.48. The lowest BCUT2D eigenvalue weighted by molar-refractivity contribution is 0.00958. The molecule has 2 saturated heterocycles. The summed E-state index contributed by atoms with van der Waals surface area (Å²) >= 11 is 0. The molecule has 0 atom stereocenters. The van der Waals surface area contributed by atoms with Gasteiger partial charge in [0.25, 0.3) is 0 Å². The number of hydrogen-bond donors (Lipinski definition) is 0. The van der Waals surface area contributed by atoms with Crippen molar-refractivity contribution in [2.75, 3.05) is 61.0 Å². The van der Waals surface area contributed by atoms with E-state index >= 15 is 0 Å². The van der Waals surface area contributed by atoms with Gasteiger partial charge < -0.3 is 14.7 Å². The highest BCUT2D eigenvalue weighted by atomic mass is 19.1. The number of halogens is 1. The molecule has 1 aromatic carbocycles. The molecule has 3 aliphatic heterocycles. The molecule has 1 aromatic heterocycles. The molecular formula is C19H21FN6O. The molecule has 4 heterocycles. The van der Waals surface area contributed by atoms with Crippen molar-refractivity contribution < 1.29 is 9.18 Å². The van der Waals surface area contributed by atoms with Crippen LogP contribution in [0.2, 0.25) is 0 Å². The molecule has 1 spiro atoms. The fraction of sp³-hybridized carbons (Fsp3) is 0.421. The van der Waals surface area contributed by atoms with Crippen molar-refractivity contribution in [3.8, 4) is 0 Å². The number of rotatable bonds is 1. The summed E-state index contributed by atoms with van der Waals surface area (Å²) in [6.07, 6.45) is 1.67. The summed E-state index contributed by atoms with van der Waals surface area (Å²) in [5, 5.41) is 8.07. The summed E-state index contributed by atoms with van der Waals surface area (Å²) in [5.41, 5.74) is 1.72. The van der Waals surface area contributed by atoms with Crippen molar-refractivity contribution in [1.82, 2.24) is 15.1 Å². The van der Waals surface area contributed by atoms with Crippen LogP contribution in [0.1, 0.15) is 0 Å². The molecule has 5 rings (SSSR count). The van der Waals surface area contributed by atoms with E-state index < -0.39 is 0 Å². The summed E-state index contributed by atoms with van der Waals surface area (Å²) in [5.74, 6) is 0.610. The molecular weight excluding hydrogens is 347 g/mol. The Kier molecular flexibility index (Phi) is 3.50. The highest BCUT2D eigenvalue weighted by Gasteiger charge is 2.54. The van der Waals surface area contributed by atoms with Crippen molar-refractivity contribution in [3.05, 3.63) is 42.3 Å². The first-order valence-corrected chi connectivity index (χ1v) is 9.15. The number of likely N-dealkylation sites (tertiary alicyclic amines) is 1. The summed E-state index contributed by atoms with van der Waals surface area (Å²) < 4.78 is 13.6. The minimum absolute atomic E-state index is 0.0135. The smallest absolute Gasteiger partial charge is 0.324 e. The molecule has 0 N–H and O–H groups in total. The van der Waals surface area contributed by atoms with Crippen LogP contribution in [0.4, 0.5) is 26.4 Å². The van der Waals surface area contributed by atoms with Crippen molar-refractivity contribution in [1.29, 1.82) is 0 Å².